The summed E-state index contributed by atoms with van der Waals surface area (Å²) in [4.78, 5) is 11.3. The van der Waals surface area contributed by atoms with Gasteiger partial charge in [0.05, 0.1) is 0 Å². The minimum absolute atomic E-state index is 0.493. The number of carbonyl (C=O) groups excluding carboxylic acids is 1. The topological polar surface area (TPSA) is 40.1 Å². The van der Waals surface area contributed by atoms with Crippen molar-refractivity contribution in [1.29, 1.82) is 0 Å². The van der Waals surface area contributed by atoms with E-state index >= 15 is 0 Å². The molecule has 0 radical (unpaired) electrons. The van der Waals surface area contributed by atoms with Crippen molar-refractivity contribution in [2.45, 2.75) is 46.0 Å². The molecule has 0 heterocycles. The molecular formula is C18H23O2-. The number of carboxylic acid groups (broad SMARTS) is 1. The van der Waals surface area contributed by atoms with Gasteiger partial charge in [-0.25, -0.2) is 0 Å². The number of hydrogen-bond acceptors (Lipinski definition) is 2. The molecule has 0 saturated carbocycles. The summed E-state index contributed by atoms with van der Waals surface area (Å²) in [6.07, 6.45) is 6.69. The first kappa shape index (κ1) is 16.2. The second-order valence-electron chi connectivity index (χ2n) is 5.39. The first-order chi connectivity index (χ1) is 9.50. The lowest BCUT2D eigenvalue weighted by atomic mass is 9.94. The van der Waals surface area contributed by atoms with Gasteiger partial charge in [-0.3, -0.25) is 0 Å². The number of hydrogen-bond donors (Lipinski definition) is 0. The molecule has 0 saturated heterocycles. The Morgan fingerprint density at radius 1 is 1.15 bits per heavy atom. The van der Waals surface area contributed by atoms with Gasteiger partial charge in [0.15, 0.2) is 0 Å². The Bertz CT molecular complexity index is 479. The van der Waals surface area contributed by atoms with E-state index in [2.05, 4.69) is 26.8 Å². The SMILES string of the molecule is CC(C)=CCC/C(C)=C/CC(C(=O)[O-])c1ccccc1. The maximum absolute atomic E-state index is 11.3. The van der Waals surface area contributed by atoms with Gasteiger partial charge in [0.1, 0.15) is 0 Å². The number of carbonyl (C=O) groups is 1. The fourth-order valence-corrected chi connectivity index (χ4v) is 2.06. The average Bonchev–Trinajstić information content (AvgIpc) is 2.39. The Kier molecular flexibility index (Phi) is 6.78. The van der Waals surface area contributed by atoms with Crippen molar-refractivity contribution < 1.29 is 9.90 Å². The van der Waals surface area contributed by atoms with Crippen LogP contribution in [-0.2, 0) is 4.79 Å². The molecule has 2 heteroatoms. The van der Waals surface area contributed by atoms with Crippen molar-refractivity contribution >= 4 is 5.97 Å². The predicted molar refractivity (Wildman–Crippen MR) is 81.2 cm³/mol. The van der Waals surface area contributed by atoms with Crippen LogP contribution in [0.4, 0.5) is 0 Å². The van der Waals surface area contributed by atoms with Crippen molar-refractivity contribution in [3.63, 3.8) is 0 Å². The molecule has 2 nitrogen and oxygen atoms in total. The third kappa shape index (κ3) is 5.87. The van der Waals surface area contributed by atoms with E-state index in [9.17, 15) is 9.90 Å². The summed E-state index contributed by atoms with van der Waals surface area (Å²) in [7, 11) is 0. The Morgan fingerprint density at radius 3 is 2.35 bits per heavy atom. The quantitative estimate of drug-likeness (QED) is 0.711. The summed E-state index contributed by atoms with van der Waals surface area (Å²) < 4.78 is 0. The molecule has 0 aromatic heterocycles. The van der Waals surface area contributed by atoms with Crippen LogP contribution in [0.1, 0.15) is 51.5 Å². The van der Waals surface area contributed by atoms with Gasteiger partial charge >= 0.3 is 0 Å². The average molecular weight is 271 g/mol. The second kappa shape index (κ2) is 8.36. The van der Waals surface area contributed by atoms with E-state index in [1.54, 1.807) is 0 Å². The van der Waals surface area contributed by atoms with Crippen LogP contribution in [0.2, 0.25) is 0 Å². The lowest BCUT2D eigenvalue weighted by Crippen LogP contribution is -2.29. The zero-order valence-electron chi connectivity index (χ0n) is 12.6. The first-order valence-electron chi connectivity index (χ1n) is 7.05. The van der Waals surface area contributed by atoms with Gasteiger partial charge in [0.25, 0.3) is 0 Å². The maximum atomic E-state index is 11.3. The molecule has 0 aliphatic carbocycles. The van der Waals surface area contributed by atoms with Crippen molar-refractivity contribution in [3.8, 4) is 0 Å². The zero-order valence-corrected chi connectivity index (χ0v) is 12.6. The second-order valence-corrected chi connectivity index (χ2v) is 5.39. The molecule has 0 amide bonds. The van der Waals surface area contributed by atoms with Crippen LogP contribution >= 0.6 is 0 Å². The molecule has 20 heavy (non-hydrogen) atoms. The molecular weight excluding hydrogens is 248 g/mol. The molecule has 108 valence electrons. The van der Waals surface area contributed by atoms with Crippen LogP contribution in [0.5, 0.6) is 0 Å². The highest BCUT2D eigenvalue weighted by molar-refractivity contribution is 5.74. The van der Waals surface area contributed by atoms with Crippen molar-refractivity contribution in [3.05, 3.63) is 59.2 Å². The van der Waals surface area contributed by atoms with Crippen LogP contribution in [0.25, 0.3) is 0 Å². The molecule has 1 aromatic rings. The van der Waals surface area contributed by atoms with E-state index in [4.69, 9.17) is 0 Å². The third-order valence-corrected chi connectivity index (χ3v) is 3.28. The van der Waals surface area contributed by atoms with Crippen LogP contribution in [0, 0.1) is 0 Å². The Labute approximate surface area is 121 Å². The predicted octanol–water partition coefficient (Wildman–Crippen LogP) is 3.60. The van der Waals surface area contributed by atoms with Gasteiger partial charge in [0.2, 0.25) is 0 Å². The molecule has 0 aliphatic rings. The van der Waals surface area contributed by atoms with Gasteiger partial charge < -0.3 is 9.90 Å². The van der Waals surface area contributed by atoms with Crippen LogP contribution in [0.15, 0.2) is 53.6 Å². The normalized spacial score (nSPS) is 12.8. The van der Waals surface area contributed by atoms with E-state index < -0.39 is 11.9 Å². The number of rotatable bonds is 7. The number of carboxylic acids is 1. The van der Waals surface area contributed by atoms with Gasteiger partial charge in [-0.05, 0) is 45.6 Å². The minimum atomic E-state index is -1.01. The van der Waals surface area contributed by atoms with E-state index in [1.165, 1.54) is 11.1 Å². The molecule has 0 fully saturated rings. The molecule has 0 bridgehead atoms. The van der Waals surface area contributed by atoms with E-state index in [1.807, 2.05) is 36.4 Å². The van der Waals surface area contributed by atoms with E-state index in [0.717, 1.165) is 18.4 Å². The number of aliphatic carboxylic acids is 1. The van der Waals surface area contributed by atoms with E-state index in [-0.39, 0.29) is 0 Å². The summed E-state index contributed by atoms with van der Waals surface area (Å²) in [5.41, 5.74) is 3.35. The van der Waals surface area contributed by atoms with Gasteiger partial charge in [-0.1, -0.05) is 53.6 Å². The van der Waals surface area contributed by atoms with Gasteiger partial charge in [0, 0.05) is 11.9 Å². The standard InChI is InChI=1S/C18H24O2/c1-14(2)8-7-9-15(3)12-13-17(18(19)20)16-10-5-4-6-11-16/h4-6,8,10-12,17H,7,9,13H2,1-3H3,(H,19,20)/p-1/b15-12+. The van der Waals surface area contributed by atoms with Crippen molar-refractivity contribution in [2.75, 3.05) is 0 Å². The molecule has 0 spiro atoms. The highest BCUT2D eigenvalue weighted by atomic mass is 16.4. The lowest BCUT2D eigenvalue weighted by molar-refractivity contribution is -0.307. The third-order valence-electron chi connectivity index (χ3n) is 3.28. The molecule has 1 rings (SSSR count). The molecule has 0 aliphatic heterocycles. The summed E-state index contributed by atoms with van der Waals surface area (Å²) in [6, 6.07) is 9.28. The first-order valence-corrected chi connectivity index (χ1v) is 7.05. The minimum Gasteiger partial charge on any atom is -0.549 e. The van der Waals surface area contributed by atoms with Crippen molar-refractivity contribution in [2.24, 2.45) is 0 Å². The van der Waals surface area contributed by atoms with Crippen LogP contribution in [0.3, 0.4) is 0 Å². The zero-order chi connectivity index (χ0) is 15.0. The fourth-order valence-electron chi connectivity index (χ4n) is 2.06. The maximum Gasteiger partial charge on any atom is 0.0492 e. The lowest BCUT2D eigenvalue weighted by Gasteiger charge is -2.17. The van der Waals surface area contributed by atoms with Gasteiger partial charge in [-0.15, -0.1) is 0 Å². The largest absolute Gasteiger partial charge is 0.549 e. The Balaban J connectivity index is 2.63. The Morgan fingerprint density at radius 2 is 1.80 bits per heavy atom. The monoisotopic (exact) mass is 271 g/mol. The molecule has 1 unspecified atom stereocenters. The summed E-state index contributed by atoms with van der Waals surface area (Å²) in [5, 5.41) is 11.3. The number of benzene rings is 1. The molecule has 1 atom stereocenters. The van der Waals surface area contributed by atoms with Gasteiger partial charge in [-0.2, -0.15) is 0 Å². The molecule has 0 N–H and O–H groups in total. The molecule has 1 aromatic carbocycles. The smallest absolute Gasteiger partial charge is 0.0492 e. The van der Waals surface area contributed by atoms with Crippen molar-refractivity contribution in [1.82, 2.24) is 0 Å². The summed E-state index contributed by atoms with van der Waals surface area (Å²) in [6.45, 7) is 6.22. The fraction of sp³-hybridized carbons (Fsp3) is 0.389. The summed E-state index contributed by atoms with van der Waals surface area (Å²) in [5.74, 6) is -1.57. The van der Waals surface area contributed by atoms with Crippen LogP contribution < -0.4 is 5.11 Å². The number of allylic oxidation sites excluding steroid dienone is 4. The summed E-state index contributed by atoms with van der Waals surface area (Å²) >= 11 is 0. The van der Waals surface area contributed by atoms with Crippen LogP contribution in [-0.4, -0.2) is 5.97 Å². The highest BCUT2D eigenvalue weighted by Crippen LogP contribution is 2.21. The van der Waals surface area contributed by atoms with E-state index in [0.29, 0.717) is 6.42 Å². The Hall–Kier alpha value is -1.83. The highest BCUT2D eigenvalue weighted by Gasteiger charge is 2.10.